The Bertz CT molecular complexity index is 386. The zero-order chi connectivity index (χ0) is 19.8. The maximum Gasteiger partial charge on any atom is 0.170 e. The Kier molecular flexibility index (Phi) is 7.47. The fourth-order valence-corrected chi connectivity index (χ4v) is 52.3. The SMILES string of the molecule is CC(C)(C)O[Si](CCCN)([Si](C)(C)C(C)(C)C)[Si](C)(C)C(C)(C)C. The third-order valence-electron chi connectivity index (χ3n) is 6.98. The van der Waals surface area contributed by atoms with Crippen LogP contribution in [0.1, 0.15) is 68.7 Å². The summed E-state index contributed by atoms with van der Waals surface area (Å²) >= 11 is 0. The van der Waals surface area contributed by atoms with Crippen molar-refractivity contribution in [3.05, 3.63) is 0 Å². The van der Waals surface area contributed by atoms with E-state index < -0.39 is 22.5 Å². The maximum absolute atomic E-state index is 7.32. The summed E-state index contributed by atoms with van der Waals surface area (Å²) in [6.07, 6.45) is 1.11. The van der Waals surface area contributed by atoms with Gasteiger partial charge in [-0.1, -0.05) is 67.7 Å². The average Bonchev–Trinajstić information content (AvgIpc) is 2.29. The molecule has 0 atom stereocenters. The van der Waals surface area contributed by atoms with Crippen molar-refractivity contribution in [2.45, 2.75) is 117 Å². The van der Waals surface area contributed by atoms with Crippen molar-refractivity contribution in [2.24, 2.45) is 5.73 Å². The molecular weight excluding hydrogens is 342 g/mol. The van der Waals surface area contributed by atoms with E-state index in [9.17, 15) is 0 Å². The molecule has 0 saturated carbocycles. The lowest BCUT2D eigenvalue weighted by Gasteiger charge is -2.62. The molecule has 0 aliphatic heterocycles. The van der Waals surface area contributed by atoms with E-state index in [0.717, 1.165) is 13.0 Å². The van der Waals surface area contributed by atoms with Crippen LogP contribution in [0.5, 0.6) is 0 Å². The summed E-state index contributed by atoms with van der Waals surface area (Å²) in [6, 6.07) is 1.24. The summed E-state index contributed by atoms with van der Waals surface area (Å²) in [5, 5.41) is 0.684. The minimum atomic E-state index is -1.98. The lowest BCUT2D eigenvalue weighted by atomic mass is 10.2. The quantitative estimate of drug-likeness (QED) is 0.543. The molecule has 0 spiro atoms. The van der Waals surface area contributed by atoms with Gasteiger partial charge in [-0.25, -0.2) is 0 Å². The molecule has 0 bridgehead atoms. The molecule has 2 nitrogen and oxygen atoms in total. The minimum Gasteiger partial charge on any atom is -0.418 e. The third kappa shape index (κ3) is 4.64. The van der Waals surface area contributed by atoms with Crippen LogP contribution in [-0.4, -0.2) is 34.7 Å². The van der Waals surface area contributed by atoms with Gasteiger partial charge in [0.1, 0.15) is 0 Å². The Morgan fingerprint density at radius 1 is 0.708 bits per heavy atom. The van der Waals surface area contributed by atoms with Crippen molar-refractivity contribution in [1.29, 1.82) is 0 Å². The molecule has 5 heteroatoms. The number of nitrogens with two attached hydrogens (primary N) is 1. The fraction of sp³-hybridized carbons (Fsp3) is 1.00. The maximum atomic E-state index is 7.32. The van der Waals surface area contributed by atoms with Crippen molar-refractivity contribution in [3.8, 4) is 0 Å². The van der Waals surface area contributed by atoms with Crippen LogP contribution in [0.4, 0.5) is 0 Å². The van der Waals surface area contributed by atoms with Gasteiger partial charge in [0.05, 0.1) is 15.2 Å². The second kappa shape index (κ2) is 7.30. The summed E-state index contributed by atoms with van der Waals surface area (Å²) in [4.78, 5) is 0. The van der Waals surface area contributed by atoms with Crippen molar-refractivity contribution in [1.82, 2.24) is 0 Å². The van der Waals surface area contributed by atoms with Crippen LogP contribution in [0, 0.1) is 0 Å². The Balaban J connectivity index is 6.71. The summed E-state index contributed by atoms with van der Waals surface area (Å²) < 4.78 is 7.32. The Labute approximate surface area is 156 Å². The lowest BCUT2D eigenvalue weighted by molar-refractivity contribution is 0.127. The highest BCUT2D eigenvalue weighted by Gasteiger charge is 2.67. The molecule has 0 aromatic heterocycles. The summed E-state index contributed by atoms with van der Waals surface area (Å²) in [5.41, 5.74) is 5.92. The van der Waals surface area contributed by atoms with Crippen LogP contribution in [0.3, 0.4) is 0 Å². The molecule has 0 saturated heterocycles. The Hall–Kier alpha value is 0.571. The molecule has 0 fully saturated rings. The van der Waals surface area contributed by atoms with Gasteiger partial charge in [0.2, 0.25) is 0 Å². The topological polar surface area (TPSA) is 35.2 Å². The first-order valence-corrected chi connectivity index (χ1v) is 19.8. The van der Waals surface area contributed by atoms with Gasteiger partial charge < -0.3 is 10.2 Å². The van der Waals surface area contributed by atoms with Gasteiger partial charge in [-0.2, -0.15) is 0 Å². The normalized spacial score (nSPS) is 15.8. The van der Waals surface area contributed by atoms with Gasteiger partial charge in [0.15, 0.2) is 7.35 Å². The highest BCUT2D eigenvalue weighted by atomic mass is 29.7. The van der Waals surface area contributed by atoms with E-state index in [1.807, 2.05) is 0 Å². The van der Waals surface area contributed by atoms with E-state index in [1.54, 1.807) is 0 Å². The molecule has 0 heterocycles. The summed E-state index contributed by atoms with van der Waals surface area (Å²) in [6.45, 7) is 32.8. The van der Waals surface area contributed by atoms with Crippen molar-refractivity contribution >= 4 is 22.5 Å². The van der Waals surface area contributed by atoms with Gasteiger partial charge in [-0.05, 0) is 49.9 Å². The molecule has 24 heavy (non-hydrogen) atoms. The molecule has 0 aromatic rings. The molecule has 0 aromatic carbocycles. The standard InChI is InChI=1S/C19H47NOSi3/c1-17(2,3)21-24(16-14-15-20,22(10,11)18(4,5)6)23(12,13)19(7,8)9/h14-16,20H2,1-13H3. The zero-order valence-corrected chi connectivity index (χ0v) is 22.1. The molecule has 0 amide bonds. The Morgan fingerprint density at radius 3 is 1.25 bits per heavy atom. The van der Waals surface area contributed by atoms with Crippen LogP contribution in [0.15, 0.2) is 0 Å². The predicted molar refractivity (Wildman–Crippen MR) is 119 cm³/mol. The molecule has 146 valence electrons. The number of hydrogen-bond donors (Lipinski definition) is 1. The first-order chi connectivity index (χ1) is 10.3. The summed E-state index contributed by atoms with van der Waals surface area (Å²) in [5.74, 6) is 0. The minimum absolute atomic E-state index is 0.0775. The van der Waals surface area contributed by atoms with E-state index in [1.165, 1.54) is 6.04 Å². The van der Waals surface area contributed by atoms with E-state index in [4.69, 9.17) is 10.2 Å². The number of hydrogen-bond acceptors (Lipinski definition) is 2. The zero-order valence-electron chi connectivity index (χ0n) is 19.1. The first-order valence-electron chi connectivity index (χ1n) is 9.67. The lowest BCUT2D eigenvalue weighted by Crippen LogP contribution is -2.81. The second-order valence-electron chi connectivity index (χ2n) is 11.7. The molecule has 0 rings (SSSR count). The predicted octanol–water partition coefficient (Wildman–Crippen LogP) is 6.27. The van der Waals surface area contributed by atoms with Crippen molar-refractivity contribution in [3.63, 3.8) is 0 Å². The van der Waals surface area contributed by atoms with Crippen LogP contribution < -0.4 is 5.73 Å². The molecule has 0 unspecified atom stereocenters. The van der Waals surface area contributed by atoms with Gasteiger partial charge in [-0.15, -0.1) is 0 Å². The van der Waals surface area contributed by atoms with Crippen molar-refractivity contribution in [2.75, 3.05) is 6.54 Å². The van der Waals surface area contributed by atoms with E-state index in [-0.39, 0.29) is 5.60 Å². The van der Waals surface area contributed by atoms with Gasteiger partial charge in [-0.3, -0.25) is 0 Å². The van der Waals surface area contributed by atoms with Gasteiger partial charge >= 0.3 is 0 Å². The first kappa shape index (κ1) is 24.6. The molecule has 0 radical (unpaired) electrons. The van der Waals surface area contributed by atoms with Gasteiger partial charge in [0.25, 0.3) is 0 Å². The largest absolute Gasteiger partial charge is 0.418 e. The molecular formula is C19H47NOSi3. The molecule has 2 N–H and O–H groups in total. The Morgan fingerprint density at radius 2 is 1.04 bits per heavy atom. The molecule has 0 aliphatic carbocycles. The van der Waals surface area contributed by atoms with Crippen molar-refractivity contribution < 1.29 is 4.43 Å². The van der Waals surface area contributed by atoms with E-state index >= 15 is 0 Å². The summed E-state index contributed by atoms with van der Waals surface area (Å²) in [7, 11) is -5.29. The fourth-order valence-electron chi connectivity index (χ4n) is 3.80. The van der Waals surface area contributed by atoms with Crippen LogP contribution in [0.2, 0.25) is 42.3 Å². The second-order valence-corrected chi connectivity index (χ2v) is 37.4. The molecule has 0 aliphatic rings. The van der Waals surface area contributed by atoms with E-state index in [0.29, 0.717) is 10.1 Å². The van der Waals surface area contributed by atoms with E-state index in [2.05, 4.69) is 88.5 Å². The van der Waals surface area contributed by atoms with Crippen LogP contribution in [0.25, 0.3) is 0 Å². The van der Waals surface area contributed by atoms with Gasteiger partial charge in [0, 0.05) is 5.60 Å². The monoisotopic (exact) mass is 389 g/mol. The smallest absolute Gasteiger partial charge is 0.170 e. The third-order valence-corrected chi connectivity index (χ3v) is 50.5. The highest BCUT2D eigenvalue weighted by Crippen LogP contribution is 2.54. The highest BCUT2D eigenvalue weighted by molar-refractivity contribution is 7.68. The number of rotatable bonds is 6. The van der Waals surface area contributed by atoms with Crippen LogP contribution in [-0.2, 0) is 4.43 Å². The average molecular weight is 390 g/mol. The van der Waals surface area contributed by atoms with Crippen LogP contribution >= 0.6 is 0 Å².